The van der Waals surface area contributed by atoms with E-state index in [0.29, 0.717) is 6.54 Å². The van der Waals surface area contributed by atoms with Gasteiger partial charge in [0.25, 0.3) is 0 Å². The highest BCUT2D eigenvalue weighted by molar-refractivity contribution is 5.92. The minimum Gasteiger partial charge on any atom is -0.497 e. The number of rotatable bonds is 4. The van der Waals surface area contributed by atoms with Crippen molar-refractivity contribution in [1.29, 1.82) is 0 Å². The Morgan fingerprint density at radius 3 is 2.50 bits per heavy atom. The van der Waals surface area contributed by atoms with Crippen molar-refractivity contribution in [3.63, 3.8) is 0 Å². The van der Waals surface area contributed by atoms with Gasteiger partial charge in [-0.05, 0) is 25.5 Å². The Bertz CT molecular complexity index is 573. The summed E-state index contributed by atoms with van der Waals surface area (Å²) in [5.41, 5.74) is 9.30. The SMILES string of the molecule is COc1cc(OC)c2c(CCN)c(C)n(C)c2c1. The van der Waals surface area contributed by atoms with E-state index in [1.165, 1.54) is 11.3 Å². The predicted molar refractivity (Wildman–Crippen MR) is 73.5 cm³/mol. The molecule has 0 spiro atoms. The van der Waals surface area contributed by atoms with Crippen molar-refractivity contribution >= 4 is 10.9 Å². The molecule has 0 bridgehead atoms. The van der Waals surface area contributed by atoms with Crippen molar-refractivity contribution in [1.82, 2.24) is 4.57 Å². The van der Waals surface area contributed by atoms with Gasteiger partial charge < -0.3 is 19.8 Å². The fourth-order valence-electron chi connectivity index (χ4n) is 2.44. The molecular weight excluding hydrogens is 228 g/mol. The lowest BCUT2D eigenvalue weighted by atomic mass is 10.1. The molecule has 0 saturated carbocycles. The van der Waals surface area contributed by atoms with E-state index in [1.54, 1.807) is 14.2 Å². The van der Waals surface area contributed by atoms with E-state index >= 15 is 0 Å². The summed E-state index contributed by atoms with van der Waals surface area (Å²) in [5.74, 6) is 1.65. The van der Waals surface area contributed by atoms with Gasteiger partial charge in [0.2, 0.25) is 0 Å². The predicted octanol–water partition coefficient (Wildman–Crippen LogP) is 2.01. The second-order valence-electron chi connectivity index (χ2n) is 4.39. The van der Waals surface area contributed by atoms with Gasteiger partial charge >= 0.3 is 0 Å². The number of hydrogen-bond donors (Lipinski definition) is 1. The normalized spacial score (nSPS) is 10.9. The number of nitrogens with zero attached hydrogens (tertiary/aromatic N) is 1. The summed E-state index contributed by atoms with van der Waals surface area (Å²) < 4.78 is 13.0. The molecule has 0 aliphatic heterocycles. The van der Waals surface area contributed by atoms with Crippen molar-refractivity contribution in [2.45, 2.75) is 13.3 Å². The molecule has 4 heteroatoms. The Balaban J connectivity index is 2.81. The van der Waals surface area contributed by atoms with E-state index in [4.69, 9.17) is 15.2 Å². The van der Waals surface area contributed by atoms with Crippen LogP contribution in [0.2, 0.25) is 0 Å². The summed E-state index contributed by atoms with van der Waals surface area (Å²) >= 11 is 0. The van der Waals surface area contributed by atoms with Gasteiger partial charge in [0.05, 0.1) is 19.7 Å². The molecule has 1 heterocycles. The molecule has 0 fully saturated rings. The third-order valence-corrected chi connectivity index (χ3v) is 3.51. The molecule has 0 saturated heterocycles. The van der Waals surface area contributed by atoms with E-state index in [9.17, 15) is 0 Å². The molecule has 1 aromatic heterocycles. The van der Waals surface area contributed by atoms with Crippen molar-refractivity contribution in [2.75, 3.05) is 20.8 Å². The highest BCUT2D eigenvalue weighted by atomic mass is 16.5. The van der Waals surface area contributed by atoms with Crippen molar-refractivity contribution in [3.8, 4) is 11.5 Å². The fourth-order valence-corrected chi connectivity index (χ4v) is 2.44. The largest absolute Gasteiger partial charge is 0.497 e. The number of benzene rings is 1. The first kappa shape index (κ1) is 12.8. The topological polar surface area (TPSA) is 49.4 Å². The van der Waals surface area contributed by atoms with Gasteiger partial charge in [-0.15, -0.1) is 0 Å². The van der Waals surface area contributed by atoms with Crippen LogP contribution in [-0.2, 0) is 13.5 Å². The molecule has 0 atom stereocenters. The minimum atomic E-state index is 0.634. The lowest BCUT2D eigenvalue weighted by molar-refractivity contribution is 0.397. The van der Waals surface area contributed by atoms with Crippen LogP contribution in [0, 0.1) is 6.92 Å². The van der Waals surface area contributed by atoms with Gasteiger partial charge in [-0.2, -0.15) is 0 Å². The zero-order valence-electron chi connectivity index (χ0n) is 11.4. The maximum absolute atomic E-state index is 5.70. The number of nitrogens with two attached hydrogens (primary N) is 1. The van der Waals surface area contributed by atoms with Crippen LogP contribution >= 0.6 is 0 Å². The van der Waals surface area contributed by atoms with Crippen LogP contribution in [-0.4, -0.2) is 25.3 Å². The Morgan fingerprint density at radius 2 is 1.94 bits per heavy atom. The van der Waals surface area contributed by atoms with Gasteiger partial charge in [0, 0.05) is 30.3 Å². The van der Waals surface area contributed by atoms with Crippen LogP contribution in [0.3, 0.4) is 0 Å². The van der Waals surface area contributed by atoms with E-state index in [0.717, 1.165) is 28.8 Å². The molecule has 1 aromatic carbocycles. The molecule has 0 radical (unpaired) electrons. The first-order valence-electron chi connectivity index (χ1n) is 6.04. The molecule has 4 nitrogen and oxygen atoms in total. The molecule has 0 amide bonds. The molecule has 0 aliphatic rings. The molecule has 2 aromatic rings. The standard InChI is InChI=1S/C14H20N2O2/c1-9-11(5-6-15)14-12(16(9)2)7-10(17-3)8-13(14)18-4/h7-8H,5-6,15H2,1-4H3. The van der Waals surface area contributed by atoms with E-state index in [1.807, 2.05) is 12.1 Å². The average molecular weight is 248 g/mol. The Morgan fingerprint density at radius 1 is 1.22 bits per heavy atom. The Hall–Kier alpha value is -1.68. The maximum Gasteiger partial charge on any atom is 0.132 e. The fraction of sp³-hybridized carbons (Fsp3) is 0.429. The van der Waals surface area contributed by atoms with Gasteiger partial charge in [0.1, 0.15) is 11.5 Å². The van der Waals surface area contributed by atoms with Crippen LogP contribution in [0.1, 0.15) is 11.3 Å². The monoisotopic (exact) mass is 248 g/mol. The van der Waals surface area contributed by atoms with Crippen molar-refractivity contribution in [3.05, 3.63) is 23.4 Å². The van der Waals surface area contributed by atoms with Gasteiger partial charge in [-0.3, -0.25) is 0 Å². The highest BCUT2D eigenvalue weighted by Crippen LogP contribution is 2.36. The maximum atomic E-state index is 5.70. The quantitative estimate of drug-likeness (QED) is 0.900. The molecular formula is C14H20N2O2. The molecule has 98 valence electrons. The summed E-state index contributed by atoms with van der Waals surface area (Å²) in [7, 11) is 5.40. The number of methoxy groups -OCH3 is 2. The number of fused-ring (bicyclic) bond motifs is 1. The van der Waals surface area contributed by atoms with Crippen LogP contribution in [0.25, 0.3) is 10.9 Å². The second-order valence-corrected chi connectivity index (χ2v) is 4.39. The lowest BCUT2D eigenvalue weighted by Crippen LogP contribution is -2.04. The summed E-state index contributed by atoms with van der Waals surface area (Å²) in [6.45, 7) is 2.74. The van der Waals surface area contributed by atoms with E-state index < -0.39 is 0 Å². The second kappa shape index (κ2) is 4.90. The third kappa shape index (κ3) is 1.82. The van der Waals surface area contributed by atoms with Crippen molar-refractivity contribution < 1.29 is 9.47 Å². The third-order valence-electron chi connectivity index (χ3n) is 3.51. The highest BCUT2D eigenvalue weighted by Gasteiger charge is 2.16. The first-order chi connectivity index (χ1) is 8.63. The van der Waals surface area contributed by atoms with Crippen LogP contribution in [0.15, 0.2) is 12.1 Å². The molecule has 0 aliphatic carbocycles. The zero-order valence-corrected chi connectivity index (χ0v) is 11.4. The summed E-state index contributed by atoms with van der Waals surface area (Å²) in [6.07, 6.45) is 0.853. The Labute approximate surface area is 107 Å². The number of aryl methyl sites for hydroxylation is 1. The van der Waals surface area contributed by atoms with Gasteiger partial charge in [0.15, 0.2) is 0 Å². The molecule has 2 N–H and O–H groups in total. The Kier molecular flexibility index (Phi) is 3.48. The van der Waals surface area contributed by atoms with Crippen molar-refractivity contribution in [2.24, 2.45) is 12.8 Å². The summed E-state index contributed by atoms with van der Waals surface area (Å²) in [5, 5.41) is 1.14. The summed E-state index contributed by atoms with van der Waals surface area (Å²) in [6, 6.07) is 3.95. The molecule has 18 heavy (non-hydrogen) atoms. The molecule has 2 rings (SSSR count). The van der Waals surface area contributed by atoms with Crippen LogP contribution in [0.5, 0.6) is 11.5 Å². The first-order valence-corrected chi connectivity index (χ1v) is 6.04. The number of hydrogen-bond acceptors (Lipinski definition) is 3. The van der Waals surface area contributed by atoms with Gasteiger partial charge in [-0.25, -0.2) is 0 Å². The lowest BCUT2D eigenvalue weighted by Gasteiger charge is -2.08. The number of aromatic nitrogens is 1. The molecule has 0 unspecified atom stereocenters. The van der Waals surface area contributed by atoms with Crippen LogP contribution < -0.4 is 15.2 Å². The van der Waals surface area contributed by atoms with E-state index in [2.05, 4.69) is 18.5 Å². The zero-order chi connectivity index (χ0) is 13.3. The smallest absolute Gasteiger partial charge is 0.132 e. The average Bonchev–Trinajstić information content (AvgIpc) is 2.63. The number of ether oxygens (including phenoxy) is 2. The van der Waals surface area contributed by atoms with Gasteiger partial charge in [-0.1, -0.05) is 0 Å². The van der Waals surface area contributed by atoms with Crippen LogP contribution in [0.4, 0.5) is 0 Å². The summed E-state index contributed by atoms with van der Waals surface area (Å²) in [4.78, 5) is 0. The minimum absolute atomic E-state index is 0.634. The van der Waals surface area contributed by atoms with E-state index in [-0.39, 0.29) is 0 Å².